The second-order valence-electron chi connectivity index (χ2n) is 12.4. The Morgan fingerprint density at radius 3 is 2.57 bits per heavy atom. The Balaban J connectivity index is 1.30. The third-order valence-electron chi connectivity index (χ3n) is 9.84. The smallest absolute Gasteiger partial charge is 0.296 e. The van der Waals surface area contributed by atoms with Crippen molar-refractivity contribution in [3.8, 4) is 0 Å². The molecule has 3 aliphatic rings. The molecule has 0 amide bonds. The average Bonchev–Trinajstić information content (AvgIpc) is 3.13. The van der Waals surface area contributed by atoms with Crippen molar-refractivity contribution in [2.75, 3.05) is 6.61 Å². The molecule has 0 heterocycles. The molecule has 5 rings (SSSR count). The summed E-state index contributed by atoms with van der Waals surface area (Å²) in [5.41, 5.74) is 3.80. The van der Waals surface area contributed by atoms with E-state index in [-0.39, 0.29) is 28.8 Å². The molecule has 5 heteroatoms. The zero-order valence-corrected chi connectivity index (χ0v) is 23.6. The molecule has 7 atom stereocenters. The van der Waals surface area contributed by atoms with Gasteiger partial charge in [-0.05, 0) is 91.9 Å². The molecular weight excluding hydrogens is 480 g/mol. The largest absolute Gasteiger partial charge is 0.299 e. The second kappa shape index (κ2) is 10.3. The van der Waals surface area contributed by atoms with E-state index in [0.29, 0.717) is 35.9 Å². The number of carbonyl (C=O) groups excluding carboxylic acids is 1. The third-order valence-corrected chi connectivity index (χ3v) is 11.1. The summed E-state index contributed by atoms with van der Waals surface area (Å²) in [5, 5.41) is 0. The number of ketones is 1. The highest BCUT2D eigenvalue weighted by molar-refractivity contribution is 7.86. The first kappa shape index (κ1) is 26.6. The molecule has 2 fully saturated rings. The standard InChI is InChI=1S/C32H42O4S/c1-5-8-24-18-23-9-6-7-10-27(23)28-15-16-32(4)29(30(24)28)19-25(31(32)33)17-22(3)20-36-37(34,35)26-13-11-21(2)12-14-26/h6-7,9-14,22,24-25,28-30H,5,8,15-20H2,1-4H3/t22?,24-,25-,28-,29+,30-,32+/m1/s1. The molecule has 2 aromatic carbocycles. The maximum Gasteiger partial charge on any atom is 0.296 e. The third kappa shape index (κ3) is 4.94. The molecule has 0 N–H and O–H groups in total. The van der Waals surface area contributed by atoms with E-state index < -0.39 is 10.1 Å². The van der Waals surface area contributed by atoms with Gasteiger partial charge in [0.25, 0.3) is 10.1 Å². The lowest BCUT2D eigenvalue weighted by atomic mass is 9.52. The van der Waals surface area contributed by atoms with Crippen LogP contribution in [0.25, 0.3) is 0 Å². The first-order chi connectivity index (χ1) is 17.6. The summed E-state index contributed by atoms with van der Waals surface area (Å²) >= 11 is 0. The molecular formula is C32H42O4S. The zero-order valence-electron chi connectivity index (χ0n) is 22.8. The van der Waals surface area contributed by atoms with Crippen LogP contribution in [-0.4, -0.2) is 20.8 Å². The Morgan fingerprint density at radius 1 is 1.11 bits per heavy atom. The van der Waals surface area contributed by atoms with Gasteiger partial charge in [-0.15, -0.1) is 0 Å². The summed E-state index contributed by atoms with van der Waals surface area (Å²) in [5.74, 6) is 2.58. The van der Waals surface area contributed by atoms with E-state index in [9.17, 15) is 13.2 Å². The number of fused-ring (bicyclic) bond motifs is 5. The molecule has 0 aromatic heterocycles. The van der Waals surface area contributed by atoms with Crippen LogP contribution in [-0.2, 0) is 25.5 Å². The number of hydrogen-bond donors (Lipinski definition) is 0. The topological polar surface area (TPSA) is 60.4 Å². The SMILES string of the molecule is CCC[C@@H]1Cc2ccccc2[C@H]2CC[C@]3(C)C(=O)[C@H](CC(C)COS(=O)(=O)c4ccc(C)cc4)C[C@H]3[C@H]12. The van der Waals surface area contributed by atoms with E-state index in [4.69, 9.17) is 4.18 Å². The molecule has 2 saturated carbocycles. The molecule has 2 aromatic rings. The second-order valence-corrected chi connectivity index (χ2v) is 14.0. The molecule has 0 bridgehead atoms. The van der Waals surface area contributed by atoms with Crippen LogP contribution in [0.5, 0.6) is 0 Å². The van der Waals surface area contributed by atoms with Crippen molar-refractivity contribution in [3.05, 3.63) is 65.2 Å². The monoisotopic (exact) mass is 522 g/mol. The van der Waals surface area contributed by atoms with Gasteiger partial charge in [0.05, 0.1) is 11.5 Å². The van der Waals surface area contributed by atoms with Gasteiger partial charge in [0, 0.05) is 11.3 Å². The van der Waals surface area contributed by atoms with Crippen molar-refractivity contribution in [2.45, 2.75) is 83.5 Å². The maximum absolute atomic E-state index is 13.9. The summed E-state index contributed by atoms with van der Waals surface area (Å²) in [6, 6.07) is 15.7. The van der Waals surface area contributed by atoms with Gasteiger partial charge in [0.1, 0.15) is 5.78 Å². The lowest BCUT2D eigenvalue weighted by Crippen LogP contribution is -2.46. The van der Waals surface area contributed by atoms with Crippen molar-refractivity contribution in [3.63, 3.8) is 0 Å². The van der Waals surface area contributed by atoms with E-state index in [1.807, 2.05) is 13.8 Å². The first-order valence-electron chi connectivity index (χ1n) is 14.2. The minimum Gasteiger partial charge on any atom is -0.299 e. The van der Waals surface area contributed by atoms with Gasteiger partial charge in [0.15, 0.2) is 0 Å². The fraction of sp³-hybridized carbons (Fsp3) is 0.594. The fourth-order valence-corrected chi connectivity index (χ4v) is 9.08. The molecule has 0 saturated heterocycles. The zero-order chi connectivity index (χ0) is 26.4. The Kier molecular flexibility index (Phi) is 7.41. The van der Waals surface area contributed by atoms with Crippen molar-refractivity contribution >= 4 is 15.9 Å². The van der Waals surface area contributed by atoms with Crippen LogP contribution in [0, 0.1) is 41.9 Å². The van der Waals surface area contributed by atoms with Gasteiger partial charge >= 0.3 is 0 Å². The highest BCUT2D eigenvalue weighted by atomic mass is 32.2. The number of rotatable bonds is 8. The van der Waals surface area contributed by atoms with Crippen molar-refractivity contribution < 1.29 is 17.4 Å². The number of Topliss-reactive ketones (excluding diaryl/α,β-unsaturated/α-hetero) is 1. The van der Waals surface area contributed by atoms with Crippen LogP contribution in [0.4, 0.5) is 0 Å². The Labute approximate surface area is 223 Å². The predicted octanol–water partition coefficient (Wildman–Crippen LogP) is 7.10. The van der Waals surface area contributed by atoms with Crippen LogP contribution in [0.3, 0.4) is 0 Å². The Morgan fingerprint density at radius 2 is 1.84 bits per heavy atom. The normalized spacial score (nSPS) is 31.9. The van der Waals surface area contributed by atoms with Crippen LogP contribution in [0.1, 0.15) is 81.9 Å². The Bertz CT molecular complexity index is 1230. The van der Waals surface area contributed by atoms with Crippen LogP contribution >= 0.6 is 0 Å². The number of benzene rings is 2. The quantitative estimate of drug-likeness (QED) is 0.347. The summed E-state index contributed by atoms with van der Waals surface area (Å²) in [4.78, 5) is 14.1. The van der Waals surface area contributed by atoms with Gasteiger partial charge < -0.3 is 0 Å². The molecule has 0 spiro atoms. The molecule has 4 nitrogen and oxygen atoms in total. The molecule has 0 radical (unpaired) electrons. The highest BCUT2D eigenvalue weighted by Gasteiger charge is 2.59. The van der Waals surface area contributed by atoms with E-state index >= 15 is 0 Å². The van der Waals surface area contributed by atoms with Gasteiger partial charge in [-0.25, -0.2) is 0 Å². The summed E-state index contributed by atoms with van der Waals surface area (Å²) in [7, 11) is -3.79. The van der Waals surface area contributed by atoms with E-state index in [2.05, 4.69) is 38.1 Å². The summed E-state index contributed by atoms with van der Waals surface area (Å²) in [6.45, 7) is 8.57. The summed E-state index contributed by atoms with van der Waals surface area (Å²) < 4.78 is 30.8. The van der Waals surface area contributed by atoms with Crippen molar-refractivity contribution in [2.24, 2.45) is 35.0 Å². The summed E-state index contributed by atoms with van der Waals surface area (Å²) in [6.07, 6.45) is 7.24. The van der Waals surface area contributed by atoms with E-state index in [0.717, 1.165) is 31.2 Å². The average molecular weight is 523 g/mol. The molecule has 200 valence electrons. The number of carbonyl (C=O) groups is 1. The molecule has 1 unspecified atom stereocenters. The van der Waals surface area contributed by atoms with E-state index in [1.165, 1.54) is 24.0 Å². The maximum atomic E-state index is 13.9. The molecule has 3 aliphatic carbocycles. The minimum atomic E-state index is -3.79. The Hall–Kier alpha value is -1.98. The van der Waals surface area contributed by atoms with Gasteiger partial charge in [0.2, 0.25) is 0 Å². The van der Waals surface area contributed by atoms with Gasteiger partial charge in [-0.3, -0.25) is 8.98 Å². The highest BCUT2D eigenvalue weighted by Crippen LogP contribution is 2.63. The molecule has 0 aliphatic heterocycles. The van der Waals surface area contributed by atoms with Crippen LogP contribution in [0.15, 0.2) is 53.4 Å². The van der Waals surface area contributed by atoms with Crippen molar-refractivity contribution in [1.29, 1.82) is 0 Å². The minimum absolute atomic E-state index is 0.00567. The van der Waals surface area contributed by atoms with E-state index in [1.54, 1.807) is 24.3 Å². The first-order valence-corrected chi connectivity index (χ1v) is 15.6. The van der Waals surface area contributed by atoms with Crippen LogP contribution < -0.4 is 0 Å². The number of hydrogen-bond acceptors (Lipinski definition) is 4. The molecule has 37 heavy (non-hydrogen) atoms. The van der Waals surface area contributed by atoms with Gasteiger partial charge in [-0.1, -0.05) is 75.6 Å². The number of aryl methyl sites for hydroxylation is 1. The lowest BCUT2D eigenvalue weighted by Gasteiger charge is -2.51. The van der Waals surface area contributed by atoms with Crippen molar-refractivity contribution in [1.82, 2.24) is 0 Å². The predicted molar refractivity (Wildman–Crippen MR) is 147 cm³/mol. The van der Waals surface area contributed by atoms with Crippen LogP contribution in [0.2, 0.25) is 0 Å². The fourth-order valence-electron chi connectivity index (χ4n) is 8.06. The lowest BCUT2D eigenvalue weighted by molar-refractivity contribution is -0.133. The van der Waals surface area contributed by atoms with Gasteiger partial charge in [-0.2, -0.15) is 8.42 Å².